The summed E-state index contributed by atoms with van der Waals surface area (Å²) in [4.78, 5) is 0. The van der Waals surface area contributed by atoms with Gasteiger partial charge in [0.2, 0.25) is 0 Å². The van der Waals surface area contributed by atoms with Gasteiger partial charge in [-0.25, -0.2) is 4.39 Å². The Morgan fingerprint density at radius 3 is 2.89 bits per heavy atom. The molecule has 1 aromatic carbocycles. The third-order valence-electron chi connectivity index (χ3n) is 3.03. The molecule has 1 unspecified atom stereocenters. The summed E-state index contributed by atoms with van der Waals surface area (Å²) in [5, 5.41) is 3.45. The fourth-order valence-corrected chi connectivity index (χ4v) is 2.41. The number of halogens is 3. The molecule has 0 bridgehead atoms. The first kappa shape index (κ1) is 15.7. The lowest BCUT2D eigenvalue weighted by molar-refractivity contribution is 0.259. The number of benzene rings is 1. The van der Waals surface area contributed by atoms with Crippen LogP contribution < -0.4 is 10.1 Å². The highest BCUT2D eigenvalue weighted by Gasteiger charge is 2.12. The zero-order valence-electron chi connectivity index (χ0n) is 10.1. The number of nitrogens with one attached hydrogen (secondary N) is 1. The SMILES string of the molecule is Cl.Fc1cc(Br)ccc1OCCC1CCCCN1. The quantitative estimate of drug-likeness (QED) is 0.898. The van der Waals surface area contributed by atoms with Crippen LogP contribution in [0, 0.1) is 5.82 Å². The second kappa shape index (κ2) is 7.97. The average molecular weight is 339 g/mol. The van der Waals surface area contributed by atoms with Crippen LogP contribution in [0.5, 0.6) is 5.75 Å². The Morgan fingerprint density at radius 1 is 1.39 bits per heavy atom. The molecule has 0 amide bonds. The van der Waals surface area contributed by atoms with Crippen LogP contribution in [0.2, 0.25) is 0 Å². The van der Waals surface area contributed by atoms with Crippen LogP contribution >= 0.6 is 28.3 Å². The lowest BCUT2D eigenvalue weighted by Gasteiger charge is -2.23. The summed E-state index contributed by atoms with van der Waals surface area (Å²) in [6.45, 7) is 1.66. The topological polar surface area (TPSA) is 21.3 Å². The van der Waals surface area contributed by atoms with Gasteiger partial charge in [0.05, 0.1) is 6.61 Å². The third-order valence-corrected chi connectivity index (χ3v) is 3.52. The molecule has 0 aromatic heterocycles. The monoisotopic (exact) mass is 337 g/mol. The molecular weight excluding hydrogens is 321 g/mol. The molecule has 1 N–H and O–H groups in total. The van der Waals surface area contributed by atoms with Gasteiger partial charge in [0.25, 0.3) is 0 Å². The molecule has 1 atom stereocenters. The summed E-state index contributed by atoms with van der Waals surface area (Å²) in [5.41, 5.74) is 0. The van der Waals surface area contributed by atoms with Crippen LogP contribution in [-0.2, 0) is 0 Å². The Balaban J connectivity index is 0.00000162. The van der Waals surface area contributed by atoms with Gasteiger partial charge in [-0.15, -0.1) is 12.4 Å². The van der Waals surface area contributed by atoms with Gasteiger partial charge in [-0.2, -0.15) is 0 Å². The van der Waals surface area contributed by atoms with Crippen molar-refractivity contribution >= 4 is 28.3 Å². The molecule has 0 aliphatic carbocycles. The Morgan fingerprint density at radius 2 is 2.22 bits per heavy atom. The van der Waals surface area contributed by atoms with E-state index in [0.29, 0.717) is 18.4 Å². The minimum absolute atomic E-state index is 0. The molecular formula is C13H18BrClFNO. The van der Waals surface area contributed by atoms with Gasteiger partial charge in [-0.05, 0) is 44.0 Å². The van der Waals surface area contributed by atoms with E-state index in [4.69, 9.17) is 4.74 Å². The third kappa shape index (κ3) is 4.75. The van der Waals surface area contributed by atoms with Crippen LogP contribution in [0.3, 0.4) is 0 Å². The summed E-state index contributed by atoms with van der Waals surface area (Å²) >= 11 is 3.22. The highest BCUT2D eigenvalue weighted by molar-refractivity contribution is 9.10. The van der Waals surface area contributed by atoms with Gasteiger partial charge in [0.1, 0.15) is 0 Å². The molecule has 5 heteroatoms. The molecule has 1 fully saturated rings. The first-order valence-corrected chi connectivity index (χ1v) is 6.86. The molecule has 1 aliphatic heterocycles. The van der Waals surface area contributed by atoms with Crippen molar-refractivity contribution in [3.05, 3.63) is 28.5 Å². The van der Waals surface area contributed by atoms with Crippen molar-refractivity contribution in [1.29, 1.82) is 0 Å². The molecule has 1 saturated heterocycles. The minimum atomic E-state index is -0.309. The van der Waals surface area contributed by atoms with Crippen LogP contribution in [0.15, 0.2) is 22.7 Å². The maximum Gasteiger partial charge on any atom is 0.166 e. The molecule has 1 heterocycles. The van der Waals surface area contributed by atoms with E-state index in [0.717, 1.165) is 17.4 Å². The smallest absolute Gasteiger partial charge is 0.166 e. The van der Waals surface area contributed by atoms with Crippen molar-refractivity contribution in [3.8, 4) is 5.75 Å². The van der Waals surface area contributed by atoms with Crippen molar-refractivity contribution in [1.82, 2.24) is 5.32 Å². The predicted molar refractivity (Wildman–Crippen MR) is 77.1 cm³/mol. The Bertz CT molecular complexity index is 372. The minimum Gasteiger partial charge on any atom is -0.490 e. The summed E-state index contributed by atoms with van der Waals surface area (Å²) in [6.07, 6.45) is 4.69. The largest absolute Gasteiger partial charge is 0.490 e. The van der Waals surface area contributed by atoms with E-state index in [-0.39, 0.29) is 18.2 Å². The number of piperidine rings is 1. The van der Waals surface area contributed by atoms with Gasteiger partial charge in [-0.3, -0.25) is 0 Å². The van der Waals surface area contributed by atoms with Crippen LogP contribution in [0.25, 0.3) is 0 Å². The molecule has 18 heavy (non-hydrogen) atoms. The average Bonchev–Trinajstić information content (AvgIpc) is 2.33. The molecule has 2 nitrogen and oxygen atoms in total. The summed E-state index contributed by atoms with van der Waals surface area (Å²) < 4.78 is 19.6. The van der Waals surface area contributed by atoms with Crippen molar-refractivity contribution < 1.29 is 9.13 Å². The Kier molecular flexibility index (Phi) is 6.97. The second-order valence-electron chi connectivity index (χ2n) is 4.36. The van der Waals surface area contributed by atoms with E-state index in [1.165, 1.54) is 25.3 Å². The normalized spacial score (nSPS) is 19.1. The van der Waals surface area contributed by atoms with Gasteiger partial charge in [0.15, 0.2) is 11.6 Å². The zero-order chi connectivity index (χ0) is 12.1. The number of hydrogen-bond acceptors (Lipinski definition) is 2. The van der Waals surface area contributed by atoms with Crippen molar-refractivity contribution in [2.45, 2.75) is 31.7 Å². The van der Waals surface area contributed by atoms with Gasteiger partial charge < -0.3 is 10.1 Å². The van der Waals surface area contributed by atoms with Gasteiger partial charge >= 0.3 is 0 Å². The fraction of sp³-hybridized carbons (Fsp3) is 0.538. The predicted octanol–water partition coefficient (Wildman–Crippen LogP) is 3.92. The maximum atomic E-state index is 13.4. The molecule has 0 spiro atoms. The van der Waals surface area contributed by atoms with E-state index in [1.807, 2.05) is 0 Å². The first-order chi connectivity index (χ1) is 8.25. The highest BCUT2D eigenvalue weighted by atomic mass is 79.9. The number of hydrogen-bond donors (Lipinski definition) is 1. The Labute approximate surface area is 122 Å². The van der Waals surface area contributed by atoms with Crippen molar-refractivity contribution in [2.24, 2.45) is 0 Å². The summed E-state index contributed by atoms with van der Waals surface area (Å²) in [5.74, 6) is 0.0278. The zero-order valence-corrected chi connectivity index (χ0v) is 12.5. The standard InChI is InChI=1S/C13H17BrFNO.ClH/c14-10-4-5-13(12(15)9-10)17-8-6-11-3-1-2-7-16-11;/h4-5,9,11,16H,1-3,6-8H2;1H. The number of ether oxygens (including phenoxy) is 1. The molecule has 1 aliphatic rings. The van der Waals surface area contributed by atoms with Crippen LogP contribution in [0.4, 0.5) is 4.39 Å². The van der Waals surface area contributed by atoms with E-state index < -0.39 is 0 Å². The van der Waals surface area contributed by atoms with Gasteiger partial charge in [0, 0.05) is 10.5 Å². The fourth-order valence-electron chi connectivity index (χ4n) is 2.07. The van der Waals surface area contributed by atoms with E-state index in [2.05, 4.69) is 21.2 Å². The molecule has 102 valence electrons. The molecule has 1 aromatic rings. The van der Waals surface area contributed by atoms with E-state index in [9.17, 15) is 4.39 Å². The van der Waals surface area contributed by atoms with Crippen molar-refractivity contribution in [2.75, 3.05) is 13.2 Å². The molecule has 2 rings (SSSR count). The lowest BCUT2D eigenvalue weighted by Crippen LogP contribution is -2.35. The highest BCUT2D eigenvalue weighted by Crippen LogP contribution is 2.21. The summed E-state index contributed by atoms with van der Waals surface area (Å²) in [6, 6.07) is 5.40. The van der Waals surface area contributed by atoms with Gasteiger partial charge in [-0.1, -0.05) is 22.4 Å². The maximum absolute atomic E-state index is 13.4. The van der Waals surface area contributed by atoms with E-state index in [1.54, 1.807) is 12.1 Å². The molecule has 0 saturated carbocycles. The van der Waals surface area contributed by atoms with E-state index >= 15 is 0 Å². The summed E-state index contributed by atoms with van der Waals surface area (Å²) in [7, 11) is 0. The van der Waals surface area contributed by atoms with Crippen LogP contribution in [0.1, 0.15) is 25.7 Å². The lowest BCUT2D eigenvalue weighted by atomic mass is 10.0. The first-order valence-electron chi connectivity index (χ1n) is 6.07. The Hall–Kier alpha value is -0.320. The van der Waals surface area contributed by atoms with Crippen LogP contribution in [-0.4, -0.2) is 19.2 Å². The molecule has 0 radical (unpaired) electrons. The second-order valence-corrected chi connectivity index (χ2v) is 5.27. The van der Waals surface area contributed by atoms with Crippen molar-refractivity contribution in [3.63, 3.8) is 0 Å². The number of rotatable bonds is 4.